The highest BCUT2D eigenvalue weighted by Crippen LogP contribution is 2.44. The minimum absolute atomic E-state index is 0.485. The van der Waals surface area contributed by atoms with Crippen LogP contribution in [-0.2, 0) is 15.9 Å². The molecule has 2 N–H and O–H groups in total. The molecule has 1 fully saturated rings. The molecule has 2 aliphatic heterocycles. The summed E-state index contributed by atoms with van der Waals surface area (Å²) in [6.07, 6.45) is -10.9. The van der Waals surface area contributed by atoms with Crippen LogP contribution in [0.5, 0.6) is 11.5 Å². The van der Waals surface area contributed by atoms with E-state index in [-0.39, 0.29) is 0 Å². The van der Waals surface area contributed by atoms with Crippen LogP contribution in [0, 0.1) is 17.7 Å². The lowest BCUT2D eigenvalue weighted by atomic mass is 9.79. The van der Waals surface area contributed by atoms with Gasteiger partial charge in [-0.1, -0.05) is 27.4 Å². The number of carbonyl (C=O) groups is 1. The van der Waals surface area contributed by atoms with Crippen molar-refractivity contribution in [1.29, 1.82) is 0 Å². The van der Waals surface area contributed by atoms with Gasteiger partial charge in [-0.05, 0) is 47.8 Å². The zero-order valence-electron chi connectivity index (χ0n) is 42.5. The maximum Gasteiger partial charge on any atom is 0.323 e. The summed E-state index contributed by atoms with van der Waals surface area (Å²) in [5.41, 5.74) is 4.43. The maximum atomic E-state index is 13.8. The fourth-order valence-electron chi connectivity index (χ4n) is 3.40. The first-order valence-corrected chi connectivity index (χ1v) is 8.59. The van der Waals surface area contributed by atoms with Gasteiger partial charge in [0.15, 0.2) is 11.5 Å². The van der Waals surface area contributed by atoms with Gasteiger partial charge in [0.2, 0.25) is 0 Å². The highest BCUT2D eigenvalue weighted by Gasteiger charge is 2.41. The molecule has 6 heteroatoms. The average molecular weight is 446 g/mol. The van der Waals surface area contributed by atoms with Gasteiger partial charge in [-0.25, -0.2) is 0 Å². The van der Waals surface area contributed by atoms with Crippen LogP contribution in [0.4, 0.5) is 0 Å². The van der Waals surface area contributed by atoms with Crippen molar-refractivity contribution in [3.8, 4) is 11.5 Å². The monoisotopic (exact) mass is 445 g/mol. The van der Waals surface area contributed by atoms with Crippen molar-refractivity contribution in [1.82, 2.24) is 4.90 Å². The second kappa shape index (κ2) is 9.56. The Morgan fingerprint density at radius 1 is 1.33 bits per heavy atom. The zero-order valence-corrected chi connectivity index (χ0v) is 15.5. The molecule has 2 heterocycles. The summed E-state index contributed by atoms with van der Waals surface area (Å²) in [7, 11) is -6.67. The number of hydrogen-bond donors (Lipinski definition) is 1. The largest absolute Gasteiger partial charge is 0.493 e. The Morgan fingerprint density at radius 3 is 2.80 bits per heavy atom. The first-order valence-electron chi connectivity index (χ1n) is 22.1. The molecule has 1 aromatic carbocycles. The molecule has 1 saturated heterocycles. The number of esters is 1. The van der Waals surface area contributed by atoms with E-state index in [0.717, 1.165) is 0 Å². The Bertz CT molecular complexity index is 1660. The van der Waals surface area contributed by atoms with Crippen LogP contribution in [0.15, 0.2) is 12.1 Å². The number of rotatable bonds is 7. The molecule has 3 unspecified atom stereocenters. The van der Waals surface area contributed by atoms with Gasteiger partial charge in [0.25, 0.3) is 0 Å². The van der Waals surface area contributed by atoms with E-state index in [0.29, 0.717) is 17.0 Å². The van der Waals surface area contributed by atoms with Gasteiger partial charge in [0.05, 0.1) is 23.7 Å². The molecule has 1 aromatic rings. The number of piperidine rings is 1. The fourth-order valence-corrected chi connectivity index (χ4v) is 3.40. The Balaban J connectivity index is 2.45. The summed E-state index contributed by atoms with van der Waals surface area (Å²) in [6.45, 7) is -21.0. The van der Waals surface area contributed by atoms with Gasteiger partial charge in [-0.3, -0.25) is 9.69 Å². The van der Waals surface area contributed by atoms with E-state index in [4.69, 9.17) is 57.0 Å². The van der Waals surface area contributed by atoms with E-state index >= 15 is 0 Å². The molecule has 0 saturated carbocycles. The lowest BCUT2D eigenvalue weighted by molar-refractivity contribution is -0.160. The maximum absolute atomic E-state index is 13.8. The Labute approximate surface area is 219 Å². The van der Waals surface area contributed by atoms with Crippen LogP contribution in [-0.4, -0.2) is 50.1 Å². The van der Waals surface area contributed by atoms with E-state index < -0.39 is 138 Å². The molecular weight excluding hydrogens is 380 g/mol. The number of carbonyl (C=O) groups excluding carboxylic acids is 1. The molecule has 0 radical (unpaired) electrons. The number of nitrogens with zero attached hydrogens (tertiary/aromatic N) is 1. The molecule has 30 heavy (non-hydrogen) atoms. The van der Waals surface area contributed by atoms with Crippen molar-refractivity contribution in [2.45, 2.75) is 64.7 Å². The Hall–Kier alpha value is -1.79. The lowest BCUT2D eigenvalue weighted by Gasteiger charge is -2.47. The molecule has 4 atom stereocenters. The second-order valence-corrected chi connectivity index (χ2v) is 6.59. The van der Waals surface area contributed by atoms with E-state index in [1.165, 1.54) is 0 Å². The minimum atomic E-state index is -4.21. The van der Waals surface area contributed by atoms with E-state index in [1.54, 1.807) is 0 Å². The lowest BCUT2D eigenvalue weighted by Crippen LogP contribution is -2.51. The van der Waals surface area contributed by atoms with Crippen LogP contribution in [0.3, 0.4) is 0 Å². The molecule has 2 aliphatic rings. The zero-order chi connectivity index (χ0) is 45.1. The highest BCUT2D eigenvalue weighted by molar-refractivity contribution is 5.76. The van der Waals surface area contributed by atoms with E-state index in [1.807, 2.05) is 0 Å². The van der Waals surface area contributed by atoms with Crippen LogP contribution in [0.1, 0.15) is 94.4 Å². The molecule has 6 nitrogen and oxygen atoms in total. The van der Waals surface area contributed by atoms with Crippen molar-refractivity contribution in [2.75, 3.05) is 27.1 Å². The van der Waals surface area contributed by atoms with Crippen molar-refractivity contribution in [2.24, 2.45) is 23.4 Å². The summed E-state index contributed by atoms with van der Waals surface area (Å²) in [4.78, 5) is 14.3. The number of benzene rings is 1. The molecule has 0 amide bonds. The van der Waals surface area contributed by atoms with E-state index in [9.17, 15) is 4.79 Å². The van der Waals surface area contributed by atoms with Crippen LogP contribution in [0.25, 0.3) is 0 Å². The molecular formula is C24H38N2O4. The highest BCUT2D eigenvalue weighted by atomic mass is 16.5. The number of fused-ring (bicyclic) bond motifs is 3. The van der Waals surface area contributed by atoms with Crippen LogP contribution >= 0.6 is 0 Å². The Kier molecular flexibility index (Phi) is 2.03. The number of hydrogen-bond acceptors (Lipinski definition) is 6. The number of aryl methyl sites for hydroxylation is 1. The van der Waals surface area contributed by atoms with Crippen molar-refractivity contribution >= 4 is 5.97 Å². The van der Waals surface area contributed by atoms with Gasteiger partial charge in [-0.15, -0.1) is 0 Å². The third-order valence-corrected chi connectivity index (χ3v) is 4.78. The predicted molar refractivity (Wildman–Crippen MR) is 118 cm³/mol. The SMILES string of the molecule is [2H]C([2H])([2H])Oc1cc2c(cc1OC([2H])([2H])[2H])C([2H])([2H])C([2H])([2H])N1CC(C([2H])([2H])C([2H])(C([2H])([2H])[2H])C([2H])([2H])[2H])C(OC(=O)[C@@]([2H])(N)C([2H])(C([2H])([2H])[2H])C([2H])([2H])[2H])CC21. The molecule has 0 aromatic heterocycles. The number of nitrogens with two attached hydrogens (primary N) is 1. The molecule has 0 bridgehead atoms. The summed E-state index contributed by atoms with van der Waals surface area (Å²) in [5.74, 6) is -15.2. The number of ether oxygens (including phenoxy) is 3. The standard InChI is InChI=1S/C24H38N2O4/c1-14(2)9-17-13-26-8-7-16-10-21(28-5)22(29-6)11-18(16)19(26)12-20(17)30-24(27)23(25)15(3)4/h10-11,14-15,17,19-20,23H,7-9,12-13,25H2,1-6H3/t17?,19?,20?,23-/m0/s1/i1D3,2D3,3D3,4D3,5D3,6D3,7D2,8D2,9D2,14D,15D,23D. The van der Waals surface area contributed by atoms with Gasteiger partial charge >= 0.3 is 5.97 Å². The fraction of sp³-hybridized carbons (Fsp3) is 0.708. The van der Waals surface area contributed by atoms with E-state index in [2.05, 4.69) is 0 Å². The predicted octanol–water partition coefficient (Wildman–Crippen LogP) is 3.56. The summed E-state index contributed by atoms with van der Waals surface area (Å²) in [6, 6.07) is -4.63. The molecule has 0 spiro atoms. The second-order valence-electron chi connectivity index (χ2n) is 6.59. The first-order chi connectivity index (χ1) is 24.8. The molecule has 0 aliphatic carbocycles. The van der Waals surface area contributed by atoms with Gasteiger partial charge in [0, 0.05) is 58.8 Å². The van der Waals surface area contributed by atoms with Gasteiger partial charge in [-0.2, -0.15) is 0 Å². The Morgan fingerprint density at radius 2 is 2.10 bits per heavy atom. The quantitative estimate of drug-likeness (QED) is 0.647. The summed E-state index contributed by atoms with van der Waals surface area (Å²) < 4.78 is 233. The van der Waals surface area contributed by atoms with Crippen LogP contribution in [0.2, 0.25) is 0 Å². The normalized spacial score (nSPS) is 46.3. The average Bonchev–Trinajstić information content (AvgIpc) is 2.95. The third-order valence-electron chi connectivity index (χ3n) is 4.78. The van der Waals surface area contributed by atoms with Crippen molar-refractivity contribution < 1.29 is 56.0 Å². The third kappa shape index (κ3) is 4.75. The minimum Gasteiger partial charge on any atom is -0.493 e. The topological polar surface area (TPSA) is 74.0 Å². The van der Waals surface area contributed by atoms with Crippen molar-refractivity contribution in [3.63, 3.8) is 0 Å². The van der Waals surface area contributed by atoms with Crippen molar-refractivity contribution in [3.05, 3.63) is 23.3 Å². The smallest absolute Gasteiger partial charge is 0.323 e. The van der Waals surface area contributed by atoms with Crippen LogP contribution < -0.4 is 15.2 Å². The summed E-state index contributed by atoms with van der Waals surface area (Å²) >= 11 is 0. The summed E-state index contributed by atoms with van der Waals surface area (Å²) in [5, 5.41) is 0. The molecule has 3 rings (SSSR count). The van der Waals surface area contributed by atoms with Gasteiger partial charge < -0.3 is 19.9 Å². The number of methoxy groups -OCH3 is 2. The molecule has 168 valence electrons. The first kappa shape index (κ1) is 6.38. The van der Waals surface area contributed by atoms with Gasteiger partial charge in [0.1, 0.15) is 12.1 Å².